The van der Waals surface area contributed by atoms with Gasteiger partial charge in [0, 0.05) is 29.1 Å². The zero-order valence-electron chi connectivity index (χ0n) is 17.5. The number of pyridine rings is 2. The molecule has 0 radical (unpaired) electrons. The monoisotopic (exact) mass is 408 g/mol. The Morgan fingerprint density at radius 2 is 1.77 bits per heavy atom. The number of allylic oxidation sites excluding steroid dienone is 2. The number of aromatic nitrogens is 4. The SMILES string of the molecule is CC(C)=CC(=O)n1cnc2ccc(-n3c(=O)ccc4cnc5ccc(C)cc5c43)cc21. The highest BCUT2D eigenvalue weighted by Gasteiger charge is 2.14. The molecule has 0 aliphatic rings. The Balaban J connectivity index is 1.84. The molecule has 0 unspecified atom stereocenters. The number of imidazole rings is 1. The largest absolute Gasteiger partial charge is 0.276 e. The molecule has 152 valence electrons. The quantitative estimate of drug-likeness (QED) is 0.311. The zero-order valence-corrected chi connectivity index (χ0v) is 17.5. The summed E-state index contributed by atoms with van der Waals surface area (Å²) in [5.41, 5.74) is 5.47. The summed E-state index contributed by atoms with van der Waals surface area (Å²) < 4.78 is 3.19. The van der Waals surface area contributed by atoms with Crippen LogP contribution in [-0.4, -0.2) is 25.0 Å². The van der Waals surface area contributed by atoms with Gasteiger partial charge < -0.3 is 0 Å². The van der Waals surface area contributed by atoms with E-state index in [4.69, 9.17) is 0 Å². The van der Waals surface area contributed by atoms with E-state index in [0.29, 0.717) is 16.7 Å². The van der Waals surface area contributed by atoms with Crippen LogP contribution in [0.4, 0.5) is 0 Å². The Hall–Kier alpha value is -4.06. The minimum atomic E-state index is -0.171. The number of nitrogens with zero attached hydrogens (tertiary/aromatic N) is 4. The number of hydrogen-bond acceptors (Lipinski definition) is 4. The molecule has 0 saturated heterocycles. The van der Waals surface area contributed by atoms with Crippen molar-refractivity contribution in [3.8, 4) is 5.69 Å². The van der Waals surface area contributed by atoms with Crippen molar-refractivity contribution in [2.45, 2.75) is 20.8 Å². The number of hydrogen-bond donors (Lipinski definition) is 0. The summed E-state index contributed by atoms with van der Waals surface area (Å²) in [6.45, 7) is 5.77. The molecule has 0 saturated carbocycles. The molecule has 6 nitrogen and oxygen atoms in total. The van der Waals surface area contributed by atoms with Crippen LogP contribution in [0.5, 0.6) is 0 Å². The lowest BCUT2D eigenvalue weighted by molar-refractivity contribution is 0.0972. The van der Waals surface area contributed by atoms with Crippen LogP contribution in [0, 0.1) is 6.92 Å². The van der Waals surface area contributed by atoms with Crippen LogP contribution in [0.1, 0.15) is 24.2 Å². The van der Waals surface area contributed by atoms with Crippen LogP contribution in [0.25, 0.3) is 38.5 Å². The lowest BCUT2D eigenvalue weighted by Gasteiger charge is -2.13. The van der Waals surface area contributed by atoms with Gasteiger partial charge in [0.1, 0.15) is 6.33 Å². The highest BCUT2D eigenvalue weighted by Crippen LogP contribution is 2.27. The summed E-state index contributed by atoms with van der Waals surface area (Å²) in [5, 5.41) is 1.77. The average Bonchev–Trinajstić information content (AvgIpc) is 3.16. The van der Waals surface area contributed by atoms with Gasteiger partial charge in [0.15, 0.2) is 0 Å². The smallest absolute Gasteiger partial charge is 0.256 e. The second-order valence-electron chi connectivity index (χ2n) is 7.94. The van der Waals surface area contributed by atoms with Gasteiger partial charge in [-0.2, -0.15) is 0 Å². The predicted molar refractivity (Wildman–Crippen MR) is 123 cm³/mol. The fourth-order valence-corrected chi connectivity index (χ4v) is 3.91. The fraction of sp³-hybridized carbons (Fsp3) is 0.120. The van der Waals surface area contributed by atoms with E-state index in [1.807, 2.05) is 57.2 Å². The van der Waals surface area contributed by atoms with Crippen molar-refractivity contribution in [1.82, 2.24) is 19.1 Å². The summed E-state index contributed by atoms with van der Waals surface area (Å²) in [4.78, 5) is 34.6. The Morgan fingerprint density at radius 1 is 0.968 bits per heavy atom. The average molecular weight is 408 g/mol. The van der Waals surface area contributed by atoms with E-state index in [9.17, 15) is 9.59 Å². The van der Waals surface area contributed by atoms with Crippen LogP contribution in [0.3, 0.4) is 0 Å². The number of carbonyl (C=O) groups is 1. The van der Waals surface area contributed by atoms with E-state index in [1.165, 1.54) is 10.9 Å². The van der Waals surface area contributed by atoms with Crippen molar-refractivity contribution in [3.05, 3.63) is 88.6 Å². The number of rotatable bonds is 2. The van der Waals surface area contributed by atoms with Gasteiger partial charge in [-0.25, -0.2) is 4.98 Å². The zero-order chi connectivity index (χ0) is 21.7. The first-order valence-electron chi connectivity index (χ1n) is 10.0. The van der Waals surface area contributed by atoms with E-state index in [2.05, 4.69) is 9.97 Å². The molecule has 0 bridgehead atoms. The van der Waals surface area contributed by atoms with Crippen LogP contribution in [0.15, 0.2) is 77.5 Å². The van der Waals surface area contributed by atoms with Crippen molar-refractivity contribution in [2.24, 2.45) is 0 Å². The normalized spacial score (nSPS) is 11.3. The summed E-state index contributed by atoms with van der Waals surface area (Å²) in [7, 11) is 0. The van der Waals surface area contributed by atoms with Gasteiger partial charge in [-0.1, -0.05) is 17.2 Å². The number of benzene rings is 2. The van der Waals surface area contributed by atoms with Crippen LogP contribution in [-0.2, 0) is 0 Å². The summed E-state index contributed by atoms with van der Waals surface area (Å²) in [5.74, 6) is -0.171. The third-order valence-electron chi connectivity index (χ3n) is 5.31. The number of carbonyl (C=O) groups excluding carboxylic acids is 1. The van der Waals surface area contributed by atoms with E-state index < -0.39 is 0 Å². The molecular formula is C25H20N4O2. The van der Waals surface area contributed by atoms with Gasteiger partial charge in [-0.3, -0.25) is 23.7 Å². The first-order valence-corrected chi connectivity index (χ1v) is 10.0. The Kier molecular flexibility index (Phi) is 4.29. The highest BCUT2D eigenvalue weighted by atomic mass is 16.2. The van der Waals surface area contributed by atoms with E-state index in [-0.39, 0.29) is 11.5 Å². The van der Waals surface area contributed by atoms with Crippen molar-refractivity contribution >= 4 is 38.7 Å². The maximum absolute atomic E-state index is 13.0. The molecule has 0 spiro atoms. The fourth-order valence-electron chi connectivity index (χ4n) is 3.91. The first kappa shape index (κ1) is 18.9. The molecule has 0 aliphatic heterocycles. The van der Waals surface area contributed by atoms with Gasteiger partial charge in [0.25, 0.3) is 11.5 Å². The van der Waals surface area contributed by atoms with Crippen molar-refractivity contribution in [3.63, 3.8) is 0 Å². The third-order valence-corrected chi connectivity index (χ3v) is 5.31. The molecule has 0 amide bonds. The minimum Gasteiger partial charge on any atom is -0.276 e. The number of fused-ring (bicyclic) bond motifs is 4. The van der Waals surface area contributed by atoms with Crippen molar-refractivity contribution in [2.75, 3.05) is 0 Å². The summed E-state index contributed by atoms with van der Waals surface area (Å²) >= 11 is 0. The molecule has 3 heterocycles. The lowest BCUT2D eigenvalue weighted by Crippen LogP contribution is -2.18. The van der Waals surface area contributed by atoms with Gasteiger partial charge in [-0.05, 0) is 57.2 Å². The van der Waals surface area contributed by atoms with E-state index in [1.54, 1.807) is 29.0 Å². The molecule has 5 rings (SSSR count). The molecule has 0 atom stereocenters. The van der Waals surface area contributed by atoms with Crippen LogP contribution in [0.2, 0.25) is 0 Å². The maximum Gasteiger partial charge on any atom is 0.256 e. The van der Waals surface area contributed by atoms with Gasteiger partial charge in [0.05, 0.1) is 27.8 Å². The Labute approximate surface area is 178 Å². The van der Waals surface area contributed by atoms with E-state index in [0.717, 1.165) is 32.9 Å². The molecule has 31 heavy (non-hydrogen) atoms. The molecular weight excluding hydrogens is 388 g/mol. The summed E-state index contributed by atoms with van der Waals surface area (Å²) in [6, 6.07) is 14.9. The summed E-state index contributed by atoms with van der Waals surface area (Å²) in [6.07, 6.45) is 4.87. The van der Waals surface area contributed by atoms with Gasteiger partial charge in [0.2, 0.25) is 0 Å². The molecule has 5 aromatic rings. The van der Waals surface area contributed by atoms with Crippen molar-refractivity contribution in [1.29, 1.82) is 0 Å². The molecule has 2 aromatic carbocycles. The number of aryl methyl sites for hydroxylation is 1. The Bertz CT molecular complexity index is 1600. The standard InChI is InChI=1S/C25H20N4O2/c1-15(2)10-24(31)28-14-27-21-8-6-18(12-22(21)28)29-23(30)9-5-17-13-26-20-7-4-16(3)11-19(20)25(17)29/h4-14H,1-3H3. The minimum absolute atomic E-state index is 0.150. The topological polar surface area (TPSA) is 69.8 Å². The predicted octanol–water partition coefficient (Wildman–Crippen LogP) is 4.80. The van der Waals surface area contributed by atoms with Crippen LogP contribution < -0.4 is 5.56 Å². The molecule has 3 aromatic heterocycles. The Morgan fingerprint density at radius 3 is 2.58 bits per heavy atom. The van der Waals surface area contributed by atoms with Gasteiger partial charge >= 0.3 is 0 Å². The lowest BCUT2D eigenvalue weighted by atomic mass is 10.1. The molecule has 0 N–H and O–H groups in total. The second kappa shape index (κ2) is 7.02. The maximum atomic E-state index is 13.0. The molecule has 6 heteroatoms. The van der Waals surface area contributed by atoms with Crippen molar-refractivity contribution < 1.29 is 4.79 Å². The molecule has 0 fully saturated rings. The van der Waals surface area contributed by atoms with Gasteiger partial charge in [-0.15, -0.1) is 0 Å². The van der Waals surface area contributed by atoms with Crippen LogP contribution >= 0.6 is 0 Å². The third kappa shape index (κ3) is 3.13. The first-order chi connectivity index (χ1) is 14.9. The second-order valence-corrected chi connectivity index (χ2v) is 7.94. The van der Waals surface area contributed by atoms with E-state index >= 15 is 0 Å². The highest BCUT2D eigenvalue weighted by molar-refractivity contribution is 6.04. The molecule has 0 aliphatic carbocycles.